The van der Waals surface area contributed by atoms with Gasteiger partial charge in [-0.2, -0.15) is 12.6 Å². The van der Waals surface area contributed by atoms with Gasteiger partial charge in [0, 0.05) is 5.25 Å². The van der Waals surface area contributed by atoms with E-state index in [-0.39, 0.29) is 13.2 Å². The van der Waals surface area contributed by atoms with Crippen molar-refractivity contribution in [2.24, 2.45) is 0 Å². The molecular formula is C22H41O4S2+. The van der Waals surface area contributed by atoms with Crippen LogP contribution >= 0.6 is 12.6 Å². The first-order valence-corrected chi connectivity index (χ1v) is 13.5. The molecule has 4 nitrogen and oxygen atoms in total. The van der Waals surface area contributed by atoms with E-state index in [9.17, 15) is 0 Å². The molecule has 0 unspecified atom stereocenters. The van der Waals surface area contributed by atoms with E-state index in [0.29, 0.717) is 41.6 Å². The van der Waals surface area contributed by atoms with E-state index in [4.69, 9.17) is 32.3 Å². The summed E-state index contributed by atoms with van der Waals surface area (Å²) in [4.78, 5) is 0. The van der Waals surface area contributed by atoms with Crippen LogP contribution in [0.4, 0.5) is 0 Å². The first kappa shape index (κ1) is 23.2. The highest BCUT2D eigenvalue weighted by Crippen LogP contribution is 2.41. The minimum atomic E-state index is 0.138. The van der Waals surface area contributed by atoms with Gasteiger partial charge in [0.05, 0.1) is 38.6 Å². The van der Waals surface area contributed by atoms with E-state index in [0.717, 1.165) is 15.7 Å². The maximum atomic E-state index is 9.02. The summed E-state index contributed by atoms with van der Waals surface area (Å²) in [7, 11) is 0.516. The molecule has 0 aromatic carbocycles. The van der Waals surface area contributed by atoms with Crippen LogP contribution in [0.3, 0.4) is 0 Å². The number of thiol groups is 1. The van der Waals surface area contributed by atoms with E-state index in [1.807, 2.05) is 0 Å². The maximum absolute atomic E-state index is 9.02. The molecule has 0 bridgehead atoms. The van der Waals surface area contributed by atoms with Crippen molar-refractivity contribution >= 4 is 23.5 Å². The number of hydrogen-bond acceptors (Lipinski definition) is 5. The number of rotatable bonds is 9. The summed E-state index contributed by atoms with van der Waals surface area (Å²) in [5.74, 6) is 0. The van der Waals surface area contributed by atoms with E-state index in [2.05, 4.69) is 0 Å². The molecule has 3 fully saturated rings. The van der Waals surface area contributed by atoms with Crippen LogP contribution in [0.2, 0.25) is 0 Å². The van der Waals surface area contributed by atoms with Gasteiger partial charge >= 0.3 is 0 Å². The summed E-state index contributed by atoms with van der Waals surface area (Å²) in [6.45, 7) is 1.26. The Bertz CT molecular complexity index is 387. The molecule has 3 aliphatic rings. The van der Waals surface area contributed by atoms with Gasteiger partial charge in [-0.25, -0.2) is 0 Å². The molecule has 0 aromatic heterocycles. The molecule has 0 spiro atoms. The van der Waals surface area contributed by atoms with Crippen LogP contribution in [0.15, 0.2) is 0 Å². The molecule has 0 amide bonds. The predicted molar refractivity (Wildman–Crippen MR) is 121 cm³/mol. The van der Waals surface area contributed by atoms with Crippen LogP contribution in [0.25, 0.3) is 0 Å². The minimum absolute atomic E-state index is 0.138. The van der Waals surface area contributed by atoms with E-state index in [1.165, 1.54) is 77.0 Å². The SMILES string of the molecule is OCCOC1CCC([S+](C2CCC(S)CC2)C2CCC(OCCO)CC2)CC1. The molecule has 164 valence electrons. The van der Waals surface area contributed by atoms with Crippen LogP contribution in [-0.4, -0.2) is 69.8 Å². The fourth-order valence-electron chi connectivity index (χ4n) is 5.51. The molecule has 6 heteroatoms. The quantitative estimate of drug-likeness (QED) is 0.385. The van der Waals surface area contributed by atoms with Crippen molar-refractivity contribution in [2.75, 3.05) is 26.4 Å². The van der Waals surface area contributed by atoms with Gasteiger partial charge in [0.25, 0.3) is 0 Å². The molecular weight excluding hydrogens is 392 g/mol. The fourth-order valence-corrected chi connectivity index (χ4v) is 9.90. The Morgan fingerprint density at radius 3 is 1.32 bits per heavy atom. The summed E-state index contributed by atoms with van der Waals surface area (Å²) >= 11 is 4.74. The highest BCUT2D eigenvalue weighted by molar-refractivity contribution is 7.98. The van der Waals surface area contributed by atoms with Gasteiger partial charge in [-0.15, -0.1) is 0 Å². The Balaban J connectivity index is 1.57. The number of aliphatic hydroxyl groups is 2. The molecule has 3 rings (SSSR count). The molecule has 0 aromatic rings. The number of ether oxygens (including phenoxy) is 2. The monoisotopic (exact) mass is 433 g/mol. The Kier molecular flexibility index (Phi) is 10.3. The Labute approximate surface area is 179 Å². The third-order valence-electron chi connectivity index (χ3n) is 6.93. The van der Waals surface area contributed by atoms with Crippen LogP contribution < -0.4 is 0 Å². The highest BCUT2D eigenvalue weighted by Gasteiger charge is 2.47. The molecule has 0 radical (unpaired) electrons. The summed E-state index contributed by atoms with van der Waals surface area (Å²) in [5.41, 5.74) is 0. The van der Waals surface area contributed by atoms with Crippen molar-refractivity contribution in [1.29, 1.82) is 0 Å². The first-order valence-electron chi connectivity index (χ1n) is 11.5. The van der Waals surface area contributed by atoms with E-state index in [1.54, 1.807) is 0 Å². The standard InChI is InChI=1S/C22H40O4S2/c23-13-15-25-17-1-7-20(8-2-17)28(22-11-5-19(27)6-12-22)21-9-3-18(4-10-21)26-16-14-24/h17-24H,1-16H2/p+1. The smallest absolute Gasteiger partial charge is 0.119 e. The van der Waals surface area contributed by atoms with E-state index < -0.39 is 0 Å². The lowest BCUT2D eigenvalue weighted by Crippen LogP contribution is -2.46. The minimum Gasteiger partial charge on any atom is -0.394 e. The summed E-state index contributed by atoms with van der Waals surface area (Å²) in [5, 5.41) is 21.3. The lowest BCUT2D eigenvalue weighted by atomic mass is 9.96. The zero-order valence-electron chi connectivity index (χ0n) is 17.3. The fraction of sp³-hybridized carbons (Fsp3) is 1.00. The Morgan fingerprint density at radius 1 is 0.607 bits per heavy atom. The Hall–Kier alpha value is 0.540. The predicted octanol–water partition coefficient (Wildman–Crippen LogP) is 3.49. The third-order valence-corrected chi connectivity index (χ3v) is 11.2. The largest absolute Gasteiger partial charge is 0.394 e. The maximum Gasteiger partial charge on any atom is 0.119 e. The second kappa shape index (κ2) is 12.4. The summed E-state index contributed by atoms with van der Waals surface area (Å²) in [6.07, 6.45) is 16.0. The van der Waals surface area contributed by atoms with Crippen molar-refractivity contribution in [2.45, 2.75) is 110 Å². The molecule has 0 atom stereocenters. The Morgan fingerprint density at radius 2 is 0.964 bits per heavy atom. The van der Waals surface area contributed by atoms with Gasteiger partial charge in [-0.3, -0.25) is 0 Å². The van der Waals surface area contributed by atoms with Gasteiger partial charge < -0.3 is 19.7 Å². The average molecular weight is 434 g/mol. The molecule has 0 heterocycles. The van der Waals surface area contributed by atoms with E-state index >= 15 is 0 Å². The van der Waals surface area contributed by atoms with Gasteiger partial charge in [0.2, 0.25) is 0 Å². The van der Waals surface area contributed by atoms with Crippen molar-refractivity contribution in [3.05, 3.63) is 0 Å². The number of aliphatic hydroxyl groups excluding tert-OH is 2. The highest BCUT2D eigenvalue weighted by atomic mass is 32.2. The third kappa shape index (κ3) is 6.78. The first-order chi connectivity index (χ1) is 13.7. The lowest BCUT2D eigenvalue weighted by molar-refractivity contribution is 0.00812. The summed E-state index contributed by atoms with van der Waals surface area (Å²) < 4.78 is 11.6. The van der Waals surface area contributed by atoms with Gasteiger partial charge in [0.1, 0.15) is 15.7 Å². The second-order valence-electron chi connectivity index (χ2n) is 8.83. The topological polar surface area (TPSA) is 58.9 Å². The normalized spacial score (nSPS) is 38.2. The van der Waals surface area contributed by atoms with Gasteiger partial charge in [-0.05, 0) is 87.9 Å². The van der Waals surface area contributed by atoms with Crippen molar-refractivity contribution < 1.29 is 19.7 Å². The molecule has 2 N–H and O–H groups in total. The zero-order valence-corrected chi connectivity index (χ0v) is 19.1. The average Bonchev–Trinajstić information content (AvgIpc) is 2.74. The van der Waals surface area contributed by atoms with Crippen molar-refractivity contribution in [3.63, 3.8) is 0 Å². The molecule has 3 aliphatic carbocycles. The van der Waals surface area contributed by atoms with Crippen LogP contribution in [0.5, 0.6) is 0 Å². The van der Waals surface area contributed by atoms with Crippen LogP contribution in [0, 0.1) is 0 Å². The molecule has 28 heavy (non-hydrogen) atoms. The zero-order chi connectivity index (χ0) is 19.8. The molecule has 3 saturated carbocycles. The molecule has 0 aliphatic heterocycles. The van der Waals surface area contributed by atoms with Crippen molar-refractivity contribution in [1.82, 2.24) is 0 Å². The van der Waals surface area contributed by atoms with Gasteiger partial charge in [0.15, 0.2) is 0 Å². The lowest BCUT2D eigenvalue weighted by Gasteiger charge is -2.39. The second-order valence-corrected chi connectivity index (χ2v) is 12.4. The van der Waals surface area contributed by atoms with Crippen molar-refractivity contribution in [3.8, 4) is 0 Å². The van der Waals surface area contributed by atoms with Crippen LogP contribution in [0.1, 0.15) is 77.0 Å². The van der Waals surface area contributed by atoms with Gasteiger partial charge in [-0.1, -0.05) is 0 Å². The summed E-state index contributed by atoms with van der Waals surface area (Å²) in [6, 6.07) is 0. The van der Waals surface area contributed by atoms with Crippen LogP contribution in [-0.2, 0) is 20.4 Å². The molecule has 0 saturated heterocycles. The number of hydrogen-bond donors (Lipinski definition) is 3.